The van der Waals surface area contributed by atoms with Gasteiger partial charge in [0.05, 0.1) is 5.69 Å². The lowest BCUT2D eigenvalue weighted by Gasteiger charge is -2.28. The van der Waals surface area contributed by atoms with Gasteiger partial charge in [0.1, 0.15) is 5.82 Å². The zero-order valence-corrected chi connectivity index (χ0v) is 10.9. The molecule has 1 aliphatic carbocycles. The summed E-state index contributed by atoms with van der Waals surface area (Å²) in [7, 11) is 0. The smallest absolute Gasteiger partial charge is 0.146 e. The Balaban J connectivity index is 2.06. The Morgan fingerprint density at radius 2 is 1.94 bits per heavy atom. The van der Waals surface area contributed by atoms with Crippen molar-refractivity contribution in [3.63, 3.8) is 0 Å². The predicted molar refractivity (Wildman–Crippen MR) is 74.2 cm³/mol. The first-order chi connectivity index (χ1) is 8.81. The summed E-state index contributed by atoms with van der Waals surface area (Å²) in [5.41, 5.74) is 6.31. The van der Waals surface area contributed by atoms with Crippen molar-refractivity contribution in [2.75, 3.05) is 24.5 Å². The molecule has 0 saturated heterocycles. The van der Waals surface area contributed by atoms with Crippen molar-refractivity contribution in [2.24, 2.45) is 11.7 Å². The van der Waals surface area contributed by atoms with Crippen LogP contribution >= 0.6 is 0 Å². The van der Waals surface area contributed by atoms with Crippen molar-refractivity contribution in [3.8, 4) is 0 Å². The molecule has 2 rings (SSSR count). The molecule has 0 aliphatic heterocycles. The molecule has 1 aromatic carbocycles. The average molecular weight is 250 g/mol. The summed E-state index contributed by atoms with van der Waals surface area (Å²) in [5.74, 6) is 0.606. The fourth-order valence-corrected chi connectivity index (χ4v) is 2.81. The van der Waals surface area contributed by atoms with Crippen molar-refractivity contribution in [2.45, 2.75) is 32.1 Å². The third kappa shape index (κ3) is 3.45. The molecule has 1 fully saturated rings. The Bertz CT molecular complexity index is 361. The zero-order chi connectivity index (χ0) is 12.8. The highest BCUT2D eigenvalue weighted by Crippen LogP contribution is 2.28. The molecule has 18 heavy (non-hydrogen) atoms. The summed E-state index contributed by atoms with van der Waals surface area (Å²) in [6.45, 7) is 2.49. The molecule has 0 bridgehead atoms. The molecular formula is C15H23FN2. The molecule has 0 spiro atoms. The topological polar surface area (TPSA) is 29.3 Å². The van der Waals surface area contributed by atoms with Crippen LogP contribution in [0, 0.1) is 11.7 Å². The monoisotopic (exact) mass is 250 g/mol. The minimum absolute atomic E-state index is 0.118. The molecule has 0 radical (unpaired) electrons. The van der Waals surface area contributed by atoms with Gasteiger partial charge in [-0.05, 0) is 43.9 Å². The normalized spacial score (nSPS) is 16.1. The van der Waals surface area contributed by atoms with Gasteiger partial charge in [0.25, 0.3) is 0 Å². The van der Waals surface area contributed by atoms with Crippen LogP contribution in [0.15, 0.2) is 24.3 Å². The van der Waals surface area contributed by atoms with Crippen LogP contribution in [0.4, 0.5) is 10.1 Å². The number of nitrogens with two attached hydrogens (primary N) is 1. The Hall–Kier alpha value is -1.09. The van der Waals surface area contributed by atoms with E-state index in [1.54, 1.807) is 12.1 Å². The van der Waals surface area contributed by atoms with Gasteiger partial charge in [-0.2, -0.15) is 0 Å². The number of hydrogen-bond acceptors (Lipinski definition) is 2. The molecule has 1 aromatic rings. The van der Waals surface area contributed by atoms with Gasteiger partial charge in [0.15, 0.2) is 0 Å². The first-order valence-corrected chi connectivity index (χ1v) is 7.01. The highest BCUT2D eigenvalue weighted by atomic mass is 19.1. The Kier molecular flexibility index (Phi) is 5.00. The highest BCUT2D eigenvalue weighted by molar-refractivity contribution is 5.47. The van der Waals surface area contributed by atoms with E-state index in [1.165, 1.54) is 25.7 Å². The van der Waals surface area contributed by atoms with Crippen molar-refractivity contribution in [1.82, 2.24) is 0 Å². The number of para-hydroxylation sites is 1. The predicted octanol–water partition coefficient (Wildman–Crippen LogP) is 3.17. The molecule has 2 N–H and O–H groups in total. The fraction of sp³-hybridized carbons (Fsp3) is 0.600. The van der Waals surface area contributed by atoms with Crippen LogP contribution in [-0.2, 0) is 0 Å². The van der Waals surface area contributed by atoms with Crippen LogP contribution in [0.5, 0.6) is 0 Å². The maximum absolute atomic E-state index is 13.9. The largest absolute Gasteiger partial charge is 0.369 e. The molecule has 0 aromatic heterocycles. The van der Waals surface area contributed by atoms with Gasteiger partial charge >= 0.3 is 0 Å². The molecular weight excluding hydrogens is 227 g/mol. The summed E-state index contributed by atoms with van der Waals surface area (Å²) in [6.07, 6.45) is 6.14. The van der Waals surface area contributed by atoms with Crippen LogP contribution in [-0.4, -0.2) is 19.6 Å². The molecule has 0 unspecified atom stereocenters. The molecule has 3 heteroatoms. The Morgan fingerprint density at radius 1 is 1.22 bits per heavy atom. The second-order valence-corrected chi connectivity index (χ2v) is 5.19. The van der Waals surface area contributed by atoms with E-state index in [1.807, 2.05) is 12.1 Å². The minimum Gasteiger partial charge on any atom is -0.369 e. The highest BCUT2D eigenvalue weighted by Gasteiger charge is 2.20. The van der Waals surface area contributed by atoms with E-state index in [0.29, 0.717) is 6.54 Å². The summed E-state index contributed by atoms with van der Waals surface area (Å²) in [5, 5.41) is 0. The quantitative estimate of drug-likeness (QED) is 0.840. The van der Waals surface area contributed by atoms with E-state index in [0.717, 1.165) is 31.1 Å². The molecule has 100 valence electrons. The van der Waals surface area contributed by atoms with Gasteiger partial charge < -0.3 is 10.6 Å². The van der Waals surface area contributed by atoms with Gasteiger partial charge in [-0.25, -0.2) is 4.39 Å². The van der Waals surface area contributed by atoms with Crippen molar-refractivity contribution < 1.29 is 4.39 Å². The summed E-state index contributed by atoms with van der Waals surface area (Å²) in [4.78, 5) is 2.18. The zero-order valence-electron chi connectivity index (χ0n) is 10.9. The van der Waals surface area contributed by atoms with E-state index in [9.17, 15) is 4.39 Å². The standard InChI is InChI=1S/C15H23FN2/c16-14-8-3-4-9-15(14)18(11-5-10-17)12-13-6-1-2-7-13/h3-4,8-9,13H,1-2,5-7,10-12,17H2. The second kappa shape index (κ2) is 6.74. The Labute approximate surface area is 109 Å². The van der Waals surface area contributed by atoms with Crippen molar-refractivity contribution >= 4 is 5.69 Å². The van der Waals surface area contributed by atoms with Gasteiger partial charge in [-0.3, -0.25) is 0 Å². The van der Waals surface area contributed by atoms with E-state index in [-0.39, 0.29) is 5.82 Å². The van der Waals surface area contributed by atoms with Gasteiger partial charge in [0, 0.05) is 13.1 Å². The third-order valence-corrected chi connectivity index (χ3v) is 3.78. The third-order valence-electron chi connectivity index (χ3n) is 3.78. The van der Waals surface area contributed by atoms with Crippen LogP contribution in [0.1, 0.15) is 32.1 Å². The van der Waals surface area contributed by atoms with Gasteiger partial charge in [-0.15, -0.1) is 0 Å². The first-order valence-electron chi connectivity index (χ1n) is 7.01. The number of benzene rings is 1. The number of anilines is 1. The lowest BCUT2D eigenvalue weighted by molar-refractivity contribution is 0.519. The summed E-state index contributed by atoms with van der Waals surface area (Å²) in [6, 6.07) is 7.07. The molecule has 0 atom stereocenters. The maximum Gasteiger partial charge on any atom is 0.146 e. The van der Waals surface area contributed by atoms with E-state index in [2.05, 4.69) is 4.90 Å². The van der Waals surface area contributed by atoms with E-state index >= 15 is 0 Å². The lowest BCUT2D eigenvalue weighted by atomic mass is 10.1. The summed E-state index contributed by atoms with van der Waals surface area (Å²) >= 11 is 0. The van der Waals surface area contributed by atoms with Crippen molar-refractivity contribution in [1.29, 1.82) is 0 Å². The summed E-state index contributed by atoms with van der Waals surface area (Å²) < 4.78 is 13.9. The van der Waals surface area contributed by atoms with E-state index < -0.39 is 0 Å². The van der Waals surface area contributed by atoms with Crippen molar-refractivity contribution in [3.05, 3.63) is 30.1 Å². The number of hydrogen-bond donors (Lipinski definition) is 1. The number of rotatable bonds is 6. The average Bonchev–Trinajstić information content (AvgIpc) is 2.88. The minimum atomic E-state index is -0.118. The van der Waals surface area contributed by atoms with Crippen LogP contribution in [0.25, 0.3) is 0 Å². The SMILES string of the molecule is NCCCN(CC1CCCC1)c1ccccc1F. The molecule has 0 amide bonds. The number of nitrogens with zero attached hydrogens (tertiary/aromatic N) is 1. The molecule has 2 nitrogen and oxygen atoms in total. The second-order valence-electron chi connectivity index (χ2n) is 5.19. The maximum atomic E-state index is 13.9. The van der Waals surface area contributed by atoms with Crippen LogP contribution in [0.2, 0.25) is 0 Å². The van der Waals surface area contributed by atoms with Crippen LogP contribution in [0.3, 0.4) is 0 Å². The number of halogens is 1. The van der Waals surface area contributed by atoms with Gasteiger partial charge in [0.2, 0.25) is 0 Å². The van der Waals surface area contributed by atoms with E-state index in [4.69, 9.17) is 5.73 Å². The molecule has 1 saturated carbocycles. The Morgan fingerprint density at radius 3 is 2.61 bits per heavy atom. The molecule has 0 heterocycles. The molecule has 1 aliphatic rings. The van der Waals surface area contributed by atoms with Crippen LogP contribution < -0.4 is 10.6 Å². The first kappa shape index (κ1) is 13.3. The fourth-order valence-electron chi connectivity index (χ4n) is 2.81. The van der Waals surface area contributed by atoms with Gasteiger partial charge in [-0.1, -0.05) is 25.0 Å². The lowest BCUT2D eigenvalue weighted by Crippen LogP contribution is -2.31.